The van der Waals surface area contributed by atoms with Gasteiger partial charge in [-0.2, -0.15) is 0 Å². The van der Waals surface area contributed by atoms with Gasteiger partial charge in [0.15, 0.2) is 0 Å². The molecule has 1 N–H and O–H groups in total. The van der Waals surface area contributed by atoms with E-state index >= 15 is 0 Å². The van der Waals surface area contributed by atoms with Gasteiger partial charge in [0.1, 0.15) is 0 Å². The van der Waals surface area contributed by atoms with Gasteiger partial charge in [0, 0.05) is 6.54 Å². The lowest BCUT2D eigenvalue weighted by atomic mass is 10.1. The summed E-state index contributed by atoms with van der Waals surface area (Å²) >= 11 is 0. The highest BCUT2D eigenvalue weighted by atomic mass is 16.1. The number of hydrogen-bond donors (Lipinski definition) is 1. The average Bonchev–Trinajstić information content (AvgIpc) is 2.01. The quantitative estimate of drug-likeness (QED) is 0.640. The first-order chi connectivity index (χ1) is 5.33. The van der Waals surface area contributed by atoms with Crippen LogP contribution in [0.1, 0.15) is 11.1 Å². The van der Waals surface area contributed by atoms with Crippen LogP contribution in [0.15, 0.2) is 24.3 Å². The lowest BCUT2D eigenvalue weighted by Gasteiger charge is -1.99. The lowest BCUT2D eigenvalue weighted by Crippen LogP contribution is -2.09. The van der Waals surface area contributed by atoms with Gasteiger partial charge >= 0.3 is 6.41 Å². The zero-order valence-corrected chi connectivity index (χ0v) is 6.42. The van der Waals surface area contributed by atoms with E-state index in [1.807, 2.05) is 31.2 Å². The van der Waals surface area contributed by atoms with Crippen LogP contribution < -0.4 is 5.32 Å². The topological polar surface area (TPSA) is 29.1 Å². The first-order valence-electron chi connectivity index (χ1n) is 3.48. The van der Waals surface area contributed by atoms with Crippen molar-refractivity contribution in [3.8, 4) is 0 Å². The fourth-order valence-electron chi connectivity index (χ4n) is 0.960. The number of carbonyl (C=O) groups excluding carboxylic acids is 1. The number of amides is 1. The van der Waals surface area contributed by atoms with Gasteiger partial charge in [0.25, 0.3) is 0 Å². The van der Waals surface area contributed by atoms with Gasteiger partial charge in [-0.1, -0.05) is 29.8 Å². The van der Waals surface area contributed by atoms with Crippen LogP contribution in [-0.4, -0.2) is 6.41 Å². The summed E-state index contributed by atoms with van der Waals surface area (Å²) in [7, 11) is 0. The maximum atomic E-state index is 9.83. The average molecular weight is 148 g/mol. The maximum absolute atomic E-state index is 9.83. The van der Waals surface area contributed by atoms with Crippen LogP contribution in [0.2, 0.25) is 0 Å². The highest BCUT2D eigenvalue weighted by Crippen LogP contribution is 2.02. The molecule has 1 amide bonds. The minimum atomic E-state index is 0.561. The smallest absolute Gasteiger partial charge is 0.309 e. The molecule has 11 heavy (non-hydrogen) atoms. The van der Waals surface area contributed by atoms with Gasteiger partial charge in [-0.25, -0.2) is 0 Å². The maximum Gasteiger partial charge on any atom is 0.309 e. The third-order valence-electron chi connectivity index (χ3n) is 1.45. The van der Waals surface area contributed by atoms with E-state index in [0.29, 0.717) is 6.54 Å². The van der Waals surface area contributed by atoms with Crippen LogP contribution in [0.3, 0.4) is 0 Å². The Kier molecular flexibility index (Phi) is 2.66. The Morgan fingerprint density at radius 1 is 1.55 bits per heavy atom. The number of rotatable bonds is 3. The summed E-state index contributed by atoms with van der Waals surface area (Å²) in [6.45, 7) is 2.58. The highest BCUT2D eigenvalue weighted by molar-refractivity contribution is 5.47. The number of benzene rings is 1. The molecule has 57 valence electrons. The van der Waals surface area contributed by atoms with Crippen LogP contribution in [0.4, 0.5) is 0 Å². The van der Waals surface area contributed by atoms with Crippen molar-refractivity contribution in [2.24, 2.45) is 0 Å². The normalized spacial score (nSPS) is 9.18. The molecule has 0 bridgehead atoms. The highest BCUT2D eigenvalue weighted by Gasteiger charge is 1.90. The molecule has 0 unspecified atom stereocenters. The Labute approximate surface area is 66.2 Å². The van der Waals surface area contributed by atoms with E-state index in [2.05, 4.69) is 5.32 Å². The molecule has 0 aliphatic rings. The number of nitrogens with one attached hydrogen (secondary N) is 1. The molecule has 0 heterocycles. The predicted molar refractivity (Wildman–Crippen MR) is 43.7 cm³/mol. The first-order valence-corrected chi connectivity index (χ1v) is 3.48. The second-order valence-corrected chi connectivity index (χ2v) is 2.44. The van der Waals surface area contributed by atoms with Crippen molar-refractivity contribution in [3.63, 3.8) is 0 Å². The van der Waals surface area contributed by atoms with Crippen molar-refractivity contribution in [1.82, 2.24) is 5.32 Å². The summed E-state index contributed by atoms with van der Waals surface area (Å²) in [5.74, 6) is 0. The largest absolute Gasteiger partial charge is 0.344 e. The standard InChI is InChI=1S/C9H10NO/c1-8-3-2-4-9(5-8)6-10-7-11/h2-5H,6H2,1H3,(H,10,11). The zero-order valence-electron chi connectivity index (χ0n) is 6.42. The summed E-state index contributed by atoms with van der Waals surface area (Å²) in [5.41, 5.74) is 2.31. The summed E-state index contributed by atoms with van der Waals surface area (Å²) in [5, 5.41) is 2.49. The lowest BCUT2D eigenvalue weighted by molar-refractivity contribution is 0.542. The van der Waals surface area contributed by atoms with Gasteiger partial charge in [-0.3, -0.25) is 4.79 Å². The molecule has 1 rings (SSSR count). The van der Waals surface area contributed by atoms with Crippen molar-refractivity contribution in [2.45, 2.75) is 13.5 Å². The van der Waals surface area contributed by atoms with Crippen LogP contribution in [0.25, 0.3) is 0 Å². The van der Waals surface area contributed by atoms with Gasteiger partial charge in [0.05, 0.1) is 0 Å². The molecular formula is C9H10NO. The van der Waals surface area contributed by atoms with E-state index in [-0.39, 0.29) is 0 Å². The minimum absolute atomic E-state index is 0.561. The van der Waals surface area contributed by atoms with Crippen LogP contribution in [0.5, 0.6) is 0 Å². The molecule has 0 aromatic heterocycles. The molecule has 2 nitrogen and oxygen atoms in total. The van der Waals surface area contributed by atoms with Gasteiger partial charge < -0.3 is 5.32 Å². The predicted octanol–water partition coefficient (Wildman–Crippen LogP) is 1.15. The van der Waals surface area contributed by atoms with E-state index in [4.69, 9.17) is 0 Å². The summed E-state index contributed by atoms with van der Waals surface area (Å²) in [6, 6.07) is 7.99. The van der Waals surface area contributed by atoms with Crippen molar-refractivity contribution in [2.75, 3.05) is 0 Å². The number of aryl methyl sites for hydroxylation is 1. The Hall–Kier alpha value is -1.31. The molecule has 1 aromatic rings. The molecule has 0 aliphatic carbocycles. The molecule has 1 aromatic carbocycles. The van der Waals surface area contributed by atoms with Crippen LogP contribution in [-0.2, 0) is 11.3 Å². The van der Waals surface area contributed by atoms with Crippen LogP contribution >= 0.6 is 0 Å². The minimum Gasteiger partial charge on any atom is -0.344 e. The van der Waals surface area contributed by atoms with Crippen molar-refractivity contribution >= 4 is 6.41 Å². The molecule has 1 radical (unpaired) electrons. The van der Waals surface area contributed by atoms with E-state index < -0.39 is 0 Å². The molecule has 0 fully saturated rings. The Bertz CT molecular complexity index is 245. The number of hydrogen-bond acceptors (Lipinski definition) is 1. The van der Waals surface area contributed by atoms with Gasteiger partial charge in [-0.15, -0.1) is 0 Å². The van der Waals surface area contributed by atoms with E-state index in [0.717, 1.165) is 5.56 Å². The third-order valence-corrected chi connectivity index (χ3v) is 1.45. The van der Waals surface area contributed by atoms with Crippen molar-refractivity contribution in [3.05, 3.63) is 35.4 Å². The molecular weight excluding hydrogens is 138 g/mol. The zero-order chi connectivity index (χ0) is 8.10. The molecule has 0 atom stereocenters. The second kappa shape index (κ2) is 3.76. The molecule has 2 heteroatoms. The third kappa shape index (κ3) is 2.42. The summed E-state index contributed by atoms with van der Waals surface area (Å²) < 4.78 is 0. The molecule has 0 aliphatic heterocycles. The van der Waals surface area contributed by atoms with E-state index in [9.17, 15) is 4.79 Å². The molecule has 0 saturated carbocycles. The van der Waals surface area contributed by atoms with Crippen LogP contribution in [0, 0.1) is 6.92 Å². The van der Waals surface area contributed by atoms with Gasteiger partial charge in [-0.05, 0) is 12.5 Å². The van der Waals surface area contributed by atoms with Crippen molar-refractivity contribution < 1.29 is 4.79 Å². The van der Waals surface area contributed by atoms with Crippen molar-refractivity contribution in [1.29, 1.82) is 0 Å². The summed E-state index contributed by atoms with van der Waals surface area (Å²) in [4.78, 5) is 9.83. The van der Waals surface area contributed by atoms with E-state index in [1.54, 1.807) is 6.41 Å². The second-order valence-electron chi connectivity index (χ2n) is 2.44. The SMILES string of the molecule is Cc1cccc(CN[C]=O)c1. The van der Waals surface area contributed by atoms with Gasteiger partial charge in [0.2, 0.25) is 0 Å². The monoisotopic (exact) mass is 148 g/mol. The van der Waals surface area contributed by atoms with E-state index in [1.165, 1.54) is 5.56 Å². The Balaban J connectivity index is 2.63. The fourth-order valence-corrected chi connectivity index (χ4v) is 0.960. The fraction of sp³-hybridized carbons (Fsp3) is 0.222. The Morgan fingerprint density at radius 3 is 3.00 bits per heavy atom. The molecule has 0 saturated heterocycles. The first kappa shape index (κ1) is 7.79. The Morgan fingerprint density at radius 2 is 2.36 bits per heavy atom. The summed E-state index contributed by atoms with van der Waals surface area (Å²) in [6.07, 6.45) is 1.64. The molecule has 0 spiro atoms.